The first-order valence-corrected chi connectivity index (χ1v) is 5.02. The van der Waals surface area contributed by atoms with Crippen LogP contribution in [0, 0.1) is 0 Å². The van der Waals surface area contributed by atoms with Crippen molar-refractivity contribution in [1.82, 2.24) is 5.32 Å². The standard InChI is InChI=1S/C11H13NO2/c1-2-4-10-8(3-1)11-9(7-14-10)12-5-6-13-11/h1-4,9,11-12H,5-7H2/t9-,11?/m1/s1. The molecule has 3 heteroatoms. The monoisotopic (exact) mass is 191 g/mol. The Labute approximate surface area is 83.0 Å². The van der Waals surface area contributed by atoms with Crippen LogP contribution in [-0.4, -0.2) is 25.8 Å². The van der Waals surface area contributed by atoms with Crippen molar-refractivity contribution in [3.63, 3.8) is 0 Å². The molecule has 1 N–H and O–H groups in total. The molecule has 2 aliphatic heterocycles. The van der Waals surface area contributed by atoms with Crippen molar-refractivity contribution in [2.24, 2.45) is 0 Å². The summed E-state index contributed by atoms with van der Waals surface area (Å²) in [7, 11) is 0. The molecule has 1 saturated heterocycles. The molecule has 1 fully saturated rings. The number of para-hydroxylation sites is 1. The minimum absolute atomic E-state index is 0.175. The first-order valence-electron chi connectivity index (χ1n) is 5.02. The molecule has 1 unspecified atom stereocenters. The molecule has 2 aliphatic rings. The summed E-state index contributed by atoms with van der Waals surface area (Å²) >= 11 is 0. The number of fused-ring (bicyclic) bond motifs is 3. The van der Waals surface area contributed by atoms with E-state index in [0.29, 0.717) is 12.6 Å². The first kappa shape index (κ1) is 8.26. The molecule has 2 atom stereocenters. The highest BCUT2D eigenvalue weighted by Gasteiger charge is 2.33. The van der Waals surface area contributed by atoms with Crippen LogP contribution >= 0.6 is 0 Å². The Kier molecular flexibility index (Phi) is 1.92. The van der Waals surface area contributed by atoms with Crippen LogP contribution in [0.3, 0.4) is 0 Å². The largest absolute Gasteiger partial charge is 0.491 e. The third-order valence-corrected chi connectivity index (χ3v) is 2.82. The van der Waals surface area contributed by atoms with Crippen molar-refractivity contribution < 1.29 is 9.47 Å². The van der Waals surface area contributed by atoms with Crippen LogP contribution < -0.4 is 10.1 Å². The maximum absolute atomic E-state index is 5.77. The van der Waals surface area contributed by atoms with Gasteiger partial charge in [0.1, 0.15) is 18.5 Å². The first-order chi connectivity index (χ1) is 6.95. The predicted octanol–water partition coefficient (Wildman–Crippen LogP) is 1.11. The zero-order chi connectivity index (χ0) is 9.38. The number of benzene rings is 1. The molecule has 1 aromatic carbocycles. The van der Waals surface area contributed by atoms with E-state index >= 15 is 0 Å². The van der Waals surface area contributed by atoms with E-state index in [-0.39, 0.29) is 6.10 Å². The van der Waals surface area contributed by atoms with E-state index in [1.807, 2.05) is 18.2 Å². The Morgan fingerprint density at radius 2 is 2.21 bits per heavy atom. The predicted molar refractivity (Wildman–Crippen MR) is 52.4 cm³/mol. The van der Waals surface area contributed by atoms with Gasteiger partial charge >= 0.3 is 0 Å². The maximum Gasteiger partial charge on any atom is 0.125 e. The maximum atomic E-state index is 5.77. The quantitative estimate of drug-likeness (QED) is 0.666. The summed E-state index contributed by atoms with van der Waals surface area (Å²) in [5.74, 6) is 0.970. The molecule has 3 nitrogen and oxygen atoms in total. The summed E-state index contributed by atoms with van der Waals surface area (Å²) < 4.78 is 11.4. The van der Waals surface area contributed by atoms with Gasteiger partial charge in [-0.3, -0.25) is 0 Å². The van der Waals surface area contributed by atoms with Crippen molar-refractivity contribution >= 4 is 0 Å². The lowest BCUT2D eigenvalue weighted by atomic mass is 9.98. The zero-order valence-corrected chi connectivity index (χ0v) is 7.90. The van der Waals surface area contributed by atoms with Crippen LogP contribution in [-0.2, 0) is 4.74 Å². The Morgan fingerprint density at radius 3 is 3.21 bits per heavy atom. The molecule has 0 radical (unpaired) electrons. The van der Waals surface area contributed by atoms with E-state index in [4.69, 9.17) is 9.47 Å². The van der Waals surface area contributed by atoms with Crippen LogP contribution in [0.5, 0.6) is 5.75 Å². The third-order valence-electron chi connectivity index (χ3n) is 2.82. The van der Waals surface area contributed by atoms with Crippen molar-refractivity contribution in [1.29, 1.82) is 0 Å². The molecule has 0 saturated carbocycles. The molecule has 2 heterocycles. The average molecular weight is 191 g/mol. The average Bonchev–Trinajstić information content (AvgIpc) is 2.29. The van der Waals surface area contributed by atoms with Crippen molar-refractivity contribution in [3.8, 4) is 5.75 Å². The number of ether oxygens (including phenoxy) is 2. The summed E-state index contributed by atoms with van der Waals surface area (Å²) in [6.45, 7) is 2.42. The summed E-state index contributed by atoms with van der Waals surface area (Å²) in [6.07, 6.45) is 0.175. The molecule has 14 heavy (non-hydrogen) atoms. The molecular formula is C11H13NO2. The second kappa shape index (κ2) is 3.26. The normalized spacial score (nSPS) is 30.0. The van der Waals surface area contributed by atoms with Gasteiger partial charge in [0.25, 0.3) is 0 Å². The van der Waals surface area contributed by atoms with Gasteiger partial charge in [-0.05, 0) is 6.07 Å². The molecule has 0 aliphatic carbocycles. The lowest BCUT2D eigenvalue weighted by molar-refractivity contribution is -0.0307. The van der Waals surface area contributed by atoms with Gasteiger partial charge in [0.05, 0.1) is 12.6 Å². The number of morpholine rings is 1. The molecule has 0 spiro atoms. The fourth-order valence-electron chi connectivity index (χ4n) is 2.13. The Bertz CT molecular complexity index is 340. The molecule has 0 bridgehead atoms. The summed E-state index contributed by atoms with van der Waals surface area (Å²) in [4.78, 5) is 0. The SMILES string of the molecule is c1ccc2c(c1)OC[C@H]1NCCOC21. The van der Waals surface area contributed by atoms with E-state index in [1.165, 1.54) is 5.56 Å². The molecule has 3 rings (SSSR count). The fraction of sp³-hybridized carbons (Fsp3) is 0.455. The van der Waals surface area contributed by atoms with Gasteiger partial charge in [0.15, 0.2) is 0 Å². The van der Waals surface area contributed by atoms with E-state index in [1.54, 1.807) is 0 Å². The second-order valence-corrected chi connectivity index (χ2v) is 3.70. The fourth-order valence-corrected chi connectivity index (χ4v) is 2.13. The van der Waals surface area contributed by atoms with Gasteiger partial charge < -0.3 is 14.8 Å². The lowest BCUT2D eigenvalue weighted by Gasteiger charge is -2.37. The van der Waals surface area contributed by atoms with E-state index in [9.17, 15) is 0 Å². The van der Waals surface area contributed by atoms with E-state index in [0.717, 1.165) is 18.9 Å². The molecule has 1 aromatic rings. The van der Waals surface area contributed by atoms with E-state index in [2.05, 4.69) is 11.4 Å². The van der Waals surface area contributed by atoms with Gasteiger partial charge in [0.2, 0.25) is 0 Å². The highest BCUT2D eigenvalue weighted by Crippen LogP contribution is 2.35. The van der Waals surface area contributed by atoms with Crippen LogP contribution in [0.1, 0.15) is 11.7 Å². The number of nitrogens with one attached hydrogen (secondary N) is 1. The molecule has 0 amide bonds. The molecule has 74 valence electrons. The Balaban J connectivity index is 1.99. The summed E-state index contributed by atoms with van der Waals surface area (Å²) in [5, 5.41) is 3.41. The number of rotatable bonds is 0. The van der Waals surface area contributed by atoms with Crippen molar-refractivity contribution in [2.45, 2.75) is 12.1 Å². The highest BCUT2D eigenvalue weighted by atomic mass is 16.5. The van der Waals surface area contributed by atoms with Crippen LogP contribution in [0.4, 0.5) is 0 Å². The number of hydrogen-bond acceptors (Lipinski definition) is 3. The van der Waals surface area contributed by atoms with E-state index < -0.39 is 0 Å². The minimum atomic E-state index is 0.175. The molecule has 0 aromatic heterocycles. The Hall–Kier alpha value is -1.06. The third kappa shape index (κ3) is 1.21. The van der Waals surface area contributed by atoms with Gasteiger partial charge in [-0.1, -0.05) is 18.2 Å². The van der Waals surface area contributed by atoms with Gasteiger partial charge in [-0.15, -0.1) is 0 Å². The van der Waals surface area contributed by atoms with Gasteiger partial charge in [-0.2, -0.15) is 0 Å². The van der Waals surface area contributed by atoms with Crippen LogP contribution in [0.2, 0.25) is 0 Å². The highest BCUT2D eigenvalue weighted by molar-refractivity contribution is 5.38. The Morgan fingerprint density at radius 1 is 1.29 bits per heavy atom. The van der Waals surface area contributed by atoms with Crippen LogP contribution in [0.15, 0.2) is 24.3 Å². The van der Waals surface area contributed by atoms with Crippen LogP contribution in [0.25, 0.3) is 0 Å². The minimum Gasteiger partial charge on any atom is -0.491 e. The van der Waals surface area contributed by atoms with Gasteiger partial charge in [0, 0.05) is 12.1 Å². The van der Waals surface area contributed by atoms with Crippen molar-refractivity contribution in [3.05, 3.63) is 29.8 Å². The van der Waals surface area contributed by atoms with Crippen molar-refractivity contribution in [2.75, 3.05) is 19.8 Å². The lowest BCUT2D eigenvalue weighted by Crippen LogP contribution is -2.48. The topological polar surface area (TPSA) is 30.5 Å². The van der Waals surface area contributed by atoms with Gasteiger partial charge in [-0.25, -0.2) is 0 Å². The summed E-state index contributed by atoms with van der Waals surface area (Å²) in [5.41, 5.74) is 1.18. The zero-order valence-electron chi connectivity index (χ0n) is 7.90. The number of hydrogen-bond donors (Lipinski definition) is 1. The second-order valence-electron chi connectivity index (χ2n) is 3.70. The molecular weight excluding hydrogens is 178 g/mol. The smallest absolute Gasteiger partial charge is 0.125 e. The summed E-state index contributed by atoms with van der Waals surface area (Å²) in [6, 6.07) is 8.43.